The molecule has 5 N–H and O–H groups in total. The van der Waals surface area contributed by atoms with Crippen LogP contribution in [0.25, 0.3) is 21.9 Å². The van der Waals surface area contributed by atoms with Gasteiger partial charge in [-0.1, -0.05) is 24.3 Å². The number of primary amides is 1. The fourth-order valence-corrected chi connectivity index (χ4v) is 2.64. The van der Waals surface area contributed by atoms with Crippen LogP contribution in [0.15, 0.2) is 48.7 Å². The molecule has 0 aliphatic heterocycles. The van der Waals surface area contributed by atoms with E-state index >= 15 is 0 Å². The Morgan fingerprint density at radius 2 is 1.85 bits per heavy atom. The van der Waals surface area contributed by atoms with Crippen LogP contribution in [-0.2, 0) is 4.79 Å². The summed E-state index contributed by atoms with van der Waals surface area (Å²) in [4.78, 5) is 27.6. The van der Waals surface area contributed by atoms with E-state index < -0.39 is 17.9 Å². The Kier molecular flexibility index (Phi) is 4.53. The zero-order valence-electron chi connectivity index (χ0n) is 14.0. The minimum Gasteiger partial charge on any atom is -0.383 e. The van der Waals surface area contributed by atoms with E-state index in [1.807, 2.05) is 0 Å². The smallest absolute Gasteiger partial charge is 0.254 e. The first-order chi connectivity index (χ1) is 12.4. The van der Waals surface area contributed by atoms with Crippen LogP contribution in [0.1, 0.15) is 17.3 Å². The number of benzene rings is 2. The largest absolute Gasteiger partial charge is 0.383 e. The van der Waals surface area contributed by atoms with Gasteiger partial charge < -0.3 is 16.8 Å². The van der Waals surface area contributed by atoms with Crippen molar-refractivity contribution >= 4 is 28.4 Å². The van der Waals surface area contributed by atoms with E-state index in [4.69, 9.17) is 11.5 Å². The molecule has 0 spiro atoms. The highest BCUT2D eigenvalue weighted by Crippen LogP contribution is 2.29. The monoisotopic (exact) mass is 352 g/mol. The van der Waals surface area contributed by atoms with Crippen molar-refractivity contribution in [2.75, 3.05) is 5.73 Å². The van der Waals surface area contributed by atoms with Crippen molar-refractivity contribution in [1.29, 1.82) is 0 Å². The molecule has 0 radical (unpaired) electrons. The maximum atomic E-state index is 13.5. The number of fused-ring (bicyclic) bond motifs is 1. The quantitative estimate of drug-likeness (QED) is 0.668. The van der Waals surface area contributed by atoms with Crippen LogP contribution in [0.4, 0.5) is 10.2 Å². The molecule has 3 rings (SSSR count). The third-order valence-corrected chi connectivity index (χ3v) is 4.10. The van der Waals surface area contributed by atoms with Crippen LogP contribution in [0.5, 0.6) is 0 Å². The lowest BCUT2D eigenvalue weighted by molar-refractivity contribution is -0.119. The van der Waals surface area contributed by atoms with Crippen molar-refractivity contribution in [2.24, 2.45) is 5.73 Å². The first-order valence-corrected chi connectivity index (χ1v) is 7.91. The van der Waals surface area contributed by atoms with Gasteiger partial charge in [0, 0.05) is 11.6 Å². The minimum atomic E-state index is -0.818. The van der Waals surface area contributed by atoms with Crippen molar-refractivity contribution in [3.05, 3.63) is 60.0 Å². The van der Waals surface area contributed by atoms with Crippen molar-refractivity contribution in [1.82, 2.24) is 10.3 Å². The van der Waals surface area contributed by atoms with Gasteiger partial charge in [-0.3, -0.25) is 9.59 Å². The molecule has 2 aromatic carbocycles. The summed E-state index contributed by atoms with van der Waals surface area (Å²) < 4.78 is 13.5. The summed E-state index contributed by atoms with van der Waals surface area (Å²) in [6, 6.07) is 10.6. The van der Waals surface area contributed by atoms with E-state index in [9.17, 15) is 14.0 Å². The molecule has 0 saturated carbocycles. The molecule has 0 fully saturated rings. The maximum Gasteiger partial charge on any atom is 0.254 e. The molecule has 0 unspecified atom stereocenters. The van der Waals surface area contributed by atoms with E-state index in [0.29, 0.717) is 16.3 Å². The molecule has 3 aromatic rings. The Morgan fingerprint density at radius 1 is 1.12 bits per heavy atom. The van der Waals surface area contributed by atoms with Crippen LogP contribution in [0.2, 0.25) is 0 Å². The molecule has 132 valence electrons. The van der Waals surface area contributed by atoms with Gasteiger partial charge >= 0.3 is 0 Å². The number of amides is 2. The minimum absolute atomic E-state index is 0.248. The Bertz CT molecular complexity index is 1020. The first-order valence-electron chi connectivity index (χ1n) is 7.91. The highest BCUT2D eigenvalue weighted by atomic mass is 19.1. The fourth-order valence-electron chi connectivity index (χ4n) is 2.64. The average Bonchev–Trinajstić information content (AvgIpc) is 2.61. The van der Waals surface area contributed by atoms with Crippen molar-refractivity contribution < 1.29 is 14.0 Å². The number of aromatic nitrogens is 1. The molecule has 1 heterocycles. The van der Waals surface area contributed by atoms with E-state index in [1.165, 1.54) is 25.3 Å². The Morgan fingerprint density at radius 3 is 2.54 bits per heavy atom. The predicted molar refractivity (Wildman–Crippen MR) is 97.7 cm³/mol. The molecule has 0 saturated heterocycles. The summed E-state index contributed by atoms with van der Waals surface area (Å²) in [5, 5.41) is 3.65. The number of carbonyl (C=O) groups excluding carboxylic acids is 2. The number of hydrogen-bond donors (Lipinski definition) is 3. The van der Waals surface area contributed by atoms with Crippen LogP contribution in [0, 0.1) is 5.82 Å². The topological polar surface area (TPSA) is 111 Å². The molecule has 2 amide bonds. The number of anilines is 1. The zero-order chi connectivity index (χ0) is 18.8. The Balaban J connectivity index is 2.07. The average molecular weight is 352 g/mol. The van der Waals surface area contributed by atoms with Crippen molar-refractivity contribution in [3.8, 4) is 11.1 Å². The van der Waals surface area contributed by atoms with Crippen LogP contribution in [0.3, 0.4) is 0 Å². The molecule has 7 heteroatoms. The number of hydrogen-bond acceptors (Lipinski definition) is 4. The highest BCUT2D eigenvalue weighted by Gasteiger charge is 2.17. The van der Waals surface area contributed by atoms with Gasteiger partial charge in [-0.05, 0) is 41.6 Å². The lowest BCUT2D eigenvalue weighted by Crippen LogP contribution is -2.42. The normalized spacial score (nSPS) is 11.9. The predicted octanol–water partition coefficient (Wildman–Crippen LogP) is 2.23. The van der Waals surface area contributed by atoms with E-state index in [-0.39, 0.29) is 17.2 Å². The van der Waals surface area contributed by atoms with Gasteiger partial charge in [0.15, 0.2) is 0 Å². The second kappa shape index (κ2) is 6.79. The van der Waals surface area contributed by atoms with E-state index in [2.05, 4.69) is 10.3 Å². The zero-order valence-corrected chi connectivity index (χ0v) is 14.0. The molecular formula is C19H17FN4O2. The molecule has 1 atom stereocenters. The molecular weight excluding hydrogens is 335 g/mol. The Labute approximate surface area is 149 Å². The van der Waals surface area contributed by atoms with Crippen molar-refractivity contribution in [3.63, 3.8) is 0 Å². The second-order valence-electron chi connectivity index (χ2n) is 5.93. The summed E-state index contributed by atoms with van der Waals surface area (Å²) in [6.45, 7) is 1.50. The molecule has 0 bridgehead atoms. The van der Waals surface area contributed by atoms with Crippen LogP contribution >= 0.6 is 0 Å². The molecule has 0 aliphatic rings. The standard InChI is InChI=1S/C19H17FN4O2/c1-10(18(22)25)24-19(26)16-9-23-17(21)15-8-12(5-6-14(15)16)11-3-2-4-13(20)7-11/h2-10H,1H3,(H2,21,23)(H2,22,25)(H,24,26)/t10-/m0/s1. The van der Waals surface area contributed by atoms with Gasteiger partial charge in [0.2, 0.25) is 5.91 Å². The summed E-state index contributed by atoms with van der Waals surface area (Å²) >= 11 is 0. The third-order valence-electron chi connectivity index (χ3n) is 4.10. The van der Waals surface area contributed by atoms with E-state index in [0.717, 1.165) is 5.56 Å². The molecule has 0 aliphatic carbocycles. The number of pyridine rings is 1. The van der Waals surface area contributed by atoms with Gasteiger partial charge in [0.1, 0.15) is 17.7 Å². The number of nitrogen functional groups attached to an aromatic ring is 1. The summed E-state index contributed by atoms with van der Waals surface area (Å²) in [7, 11) is 0. The van der Waals surface area contributed by atoms with Crippen LogP contribution < -0.4 is 16.8 Å². The maximum absolute atomic E-state index is 13.5. The number of halogens is 1. The number of nitrogens with one attached hydrogen (secondary N) is 1. The fraction of sp³-hybridized carbons (Fsp3) is 0.105. The summed E-state index contributed by atoms with van der Waals surface area (Å²) in [6.07, 6.45) is 1.35. The van der Waals surface area contributed by atoms with E-state index in [1.54, 1.807) is 30.3 Å². The Hall–Kier alpha value is -3.48. The van der Waals surface area contributed by atoms with Gasteiger partial charge in [-0.15, -0.1) is 0 Å². The van der Waals surface area contributed by atoms with Gasteiger partial charge in [-0.2, -0.15) is 0 Å². The SMILES string of the molecule is C[C@H](NC(=O)c1cnc(N)c2cc(-c3cccc(F)c3)ccc12)C(N)=O. The summed E-state index contributed by atoms with van der Waals surface area (Å²) in [5.74, 6) is -1.22. The number of nitrogens with zero attached hydrogens (tertiary/aromatic N) is 1. The summed E-state index contributed by atoms with van der Waals surface area (Å²) in [5.41, 5.74) is 12.8. The second-order valence-corrected chi connectivity index (χ2v) is 5.93. The third kappa shape index (κ3) is 3.32. The van der Waals surface area contributed by atoms with Gasteiger partial charge in [0.05, 0.1) is 5.56 Å². The highest BCUT2D eigenvalue weighted by molar-refractivity contribution is 6.10. The number of rotatable bonds is 4. The lowest BCUT2D eigenvalue weighted by atomic mass is 9.99. The molecule has 6 nitrogen and oxygen atoms in total. The van der Waals surface area contributed by atoms with Crippen LogP contribution in [-0.4, -0.2) is 22.8 Å². The lowest BCUT2D eigenvalue weighted by Gasteiger charge is -2.13. The number of carbonyl (C=O) groups is 2. The molecule has 26 heavy (non-hydrogen) atoms. The van der Waals surface area contributed by atoms with Gasteiger partial charge in [0.25, 0.3) is 5.91 Å². The van der Waals surface area contributed by atoms with Gasteiger partial charge in [-0.25, -0.2) is 9.37 Å². The first kappa shape index (κ1) is 17.3. The number of nitrogens with two attached hydrogens (primary N) is 2. The molecule has 1 aromatic heterocycles. The van der Waals surface area contributed by atoms with Crippen molar-refractivity contribution in [2.45, 2.75) is 13.0 Å².